The van der Waals surface area contributed by atoms with Gasteiger partial charge in [0, 0.05) is 11.6 Å². The summed E-state index contributed by atoms with van der Waals surface area (Å²) in [6.45, 7) is 3.98. The molecule has 8 heteroatoms. The number of benzene rings is 2. The lowest BCUT2D eigenvalue weighted by Gasteiger charge is -2.12. The predicted octanol–water partition coefficient (Wildman–Crippen LogP) is 3.98. The molecule has 6 nitrogen and oxygen atoms in total. The minimum Gasteiger partial charge on any atom is -0.495 e. The molecule has 0 spiro atoms. The number of hydrogen-bond donors (Lipinski definition) is 1. The van der Waals surface area contributed by atoms with Crippen LogP contribution in [0.2, 0.25) is 5.02 Å². The standard InChI is InChI=1S/C20H18ClN3O3S/c1-3-10-24-19(26)14-9-8-13(21)11-16(14)23-20(24)28-12-18(25)22-15-6-4-5-7-17(15)27-2/h3-9,11H,1,10,12H2,2H3,(H,22,25). The molecule has 0 fully saturated rings. The van der Waals surface area contributed by atoms with Crippen molar-refractivity contribution in [2.45, 2.75) is 11.7 Å². The number of amides is 1. The molecular weight excluding hydrogens is 398 g/mol. The zero-order chi connectivity index (χ0) is 20.1. The predicted molar refractivity (Wildman–Crippen MR) is 114 cm³/mol. The lowest BCUT2D eigenvalue weighted by Crippen LogP contribution is -2.23. The van der Waals surface area contributed by atoms with Crippen LogP contribution in [0.3, 0.4) is 0 Å². The van der Waals surface area contributed by atoms with E-state index >= 15 is 0 Å². The summed E-state index contributed by atoms with van der Waals surface area (Å²) < 4.78 is 6.72. The van der Waals surface area contributed by atoms with Crippen LogP contribution in [0.1, 0.15) is 0 Å². The Balaban J connectivity index is 1.84. The van der Waals surface area contributed by atoms with Crippen molar-refractivity contribution in [2.24, 2.45) is 0 Å². The van der Waals surface area contributed by atoms with Gasteiger partial charge in [-0.2, -0.15) is 0 Å². The molecule has 28 heavy (non-hydrogen) atoms. The summed E-state index contributed by atoms with van der Waals surface area (Å²) in [5.74, 6) is 0.413. The van der Waals surface area contributed by atoms with Gasteiger partial charge in [-0.05, 0) is 30.3 Å². The number of nitrogens with zero attached hydrogens (tertiary/aromatic N) is 2. The van der Waals surface area contributed by atoms with Gasteiger partial charge in [0.2, 0.25) is 5.91 Å². The topological polar surface area (TPSA) is 73.2 Å². The molecule has 0 radical (unpaired) electrons. The molecule has 0 atom stereocenters. The molecule has 0 unspecified atom stereocenters. The second kappa shape index (κ2) is 8.95. The Kier molecular flexibility index (Phi) is 6.38. The summed E-state index contributed by atoms with van der Waals surface area (Å²) in [5, 5.41) is 4.19. The van der Waals surface area contributed by atoms with Crippen LogP contribution < -0.4 is 15.6 Å². The Morgan fingerprint density at radius 1 is 1.36 bits per heavy atom. The monoisotopic (exact) mass is 415 g/mol. The third kappa shape index (κ3) is 4.37. The first-order chi connectivity index (χ1) is 13.5. The summed E-state index contributed by atoms with van der Waals surface area (Å²) in [6.07, 6.45) is 1.61. The molecule has 1 N–H and O–H groups in total. The zero-order valence-corrected chi connectivity index (χ0v) is 16.7. The molecule has 0 aliphatic carbocycles. The lowest BCUT2D eigenvalue weighted by molar-refractivity contribution is -0.113. The van der Waals surface area contributed by atoms with Gasteiger partial charge >= 0.3 is 0 Å². The van der Waals surface area contributed by atoms with Crippen molar-refractivity contribution in [1.82, 2.24) is 9.55 Å². The van der Waals surface area contributed by atoms with Gasteiger partial charge in [0.05, 0.1) is 29.5 Å². The molecule has 1 aromatic heterocycles. The van der Waals surface area contributed by atoms with E-state index in [0.717, 1.165) is 0 Å². The van der Waals surface area contributed by atoms with Gasteiger partial charge in [-0.25, -0.2) is 4.98 Å². The molecule has 2 aromatic carbocycles. The molecule has 0 bridgehead atoms. The van der Waals surface area contributed by atoms with Crippen LogP contribution in [0, 0.1) is 0 Å². The van der Waals surface area contributed by atoms with E-state index in [-0.39, 0.29) is 17.2 Å². The average Bonchev–Trinajstić information content (AvgIpc) is 2.69. The Hall–Kier alpha value is -2.77. The van der Waals surface area contributed by atoms with Crippen molar-refractivity contribution in [3.05, 3.63) is 70.5 Å². The first-order valence-corrected chi connectivity index (χ1v) is 9.76. The first kappa shape index (κ1) is 20.0. The molecule has 3 rings (SSSR count). The van der Waals surface area contributed by atoms with Crippen molar-refractivity contribution in [1.29, 1.82) is 0 Å². The number of halogens is 1. The van der Waals surface area contributed by atoms with Gasteiger partial charge in [0.15, 0.2) is 5.16 Å². The number of fused-ring (bicyclic) bond motifs is 1. The van der Waals surface area contributed by atoms with Gasteiger partial charge < -0.3 is 10.1 Å². The van der Waals surface area contributed by atoms with Crippen molar-refractivity contribution in [3.8, 4) is 5.75 Å². The number of nitrogens with one attached hydrogen (secondary N) is 1. The number of carbonyl (C=O) groups is 1. The summed E-state index contributed by atoms with van der Waals surface area (Å²) >= 11 is 7.19. The third-order valence-corrected chi connectivity index (χ3v) is 5.12. The molecule has 0 aliphatic heterocycles. The van der Waals surface area contributed by atoms with Crippen molar-refractivity contribution in [2.75, 3.05) is 18.2 Å². The van der Waals surface area contributed by atoms with Gasteiger partial charge in [-0.1, -0.05) is 41.6 Å². The lowest BCUT2D eigenvalue weighted by atomic mass is 10.2. The van der Waals surface area contributed by atoms with Crippen LogP contribution in [-0.2, 0) is 11.3 Å². The molecular formula is C20H18ClN3O3S. The highest BCUT2D eigenvalue weighted by Crippen LogP contribution is 2.24. The van der Waals surface area contributed by atoms with E-state index in [0.29, 0.717) is 39.1 Å². The molecule has 0 saturated heterocycles. The van der Waals surface area contributed by atoms with E-state index in [1.807, 2.05) is 12.1 Å². The number of rotatable bonds is 7. The number of aromatic nitrogens is 2. The fraction of sp³-hybridized carbons (Fsp3) is 0.150. The number of methoxy groups -OCH3 is 1. The highest BCUT2D eigenvalue weighted by molar-refractivity contribution is 7.99. The average molecular weight is 416 g/mol. The van der Waals surface area contributed by atoms with Gasteiger partial charge in [-0.15, -0.1) is 6.58 Å². The highest BCUT2D eigenvalue weighted by atomic mass is 35.5. The van der Waals surface area contributed by atoms with Crippen LogP contribution in [0.4, 0.5) is 5.69 Å². The van der Waals surface area contributed by atoms with Gasteiger partial charge in [-0.3, -0.25) is 14.2 Å². The number of hydrogen-bond acceptors (Lipinski definition) is 5. The van der Waals surface area contributed by atoms with Crippen LogP contribution in [0.25, 0.3) is 10.9 Å². The summed E-state index contributed by atoms with van der Waals surface area (Å²) in [4.78, 5) is 29.7. The number of ether oxygens (including phenoxy) is 1. The van der Waals surface area contributed by atoms with E-state index in [9.17, 15) is 9.59 Å². The quantitative estimate of drug-likeness (QED) is 0.359. The maximum absolute atomic E-state index is 12.8. The molecule has 144 valence electrons. The smallest absolute Gasteiger partial charge is 0.262 e. The normalized spacial score (nSPS) is 10.6. The van der Waals surface area contributed by atoms with E-state index < -0.39 is 0 Å². The largest absolute Gasteiger partial charge is 0.495 e. The third-order valence-electron chi connectivity index (χ3n) is 3.91. The number of thioether (sulfide) groups is 1. The van der Waals surface area contributed by atoms with E-state index in [4.69, 9.17) is 16.3 Å². The fourth-order valence-corrected chi connectivity index (χ4v) is 3.61. The SMILES string of the molecule is C=CCn1c(SCC(=O)Nc2ccccc2OC)nc2cc(Cl)ccc2c1=O. The number of carbonyl (C=O) groups excluding carboxylic acids is 1. The zero-order valence-electron chi connectivity index (χ0n) is 15.1. The fourth-order valence-electron chi connectivity index (χ4n) is 2.64. The molecule has 0 saturated carbocycles. The number of para-hydroxylation sites is 2. The molecule has 3 aromatic rings. The Bertz CT molecular complexity index is 1100. The van der Waals surface area contributed by atoms with E-state index in [1.165, 1.54) is 23.4 Å². The summed E-state index contributed by atoms with van der Waals surface area (Å²) in [5.41, 5.74) is 0.872. The number of allylic oxidation sites excluding steroid dienone is 1. The van der Waals surface area contributed by atoms with Crippen LogP contribution in [0.15, 0.2) is 65.1 Å². The number of anilines is 1. The second-order valence-corrected chi connectivity index (χ2v) is 7.18. The maximum Gasteiger partial charge on any atom is 0.262 e. The van der Waals surface area contributed by atoms with Crippen LogP contribution >= 0.6 is 23.4 Å². The second-order valence-electron chi connectivity index (χ2n) is 5.80. The van der Waals surface area contributed by atoms with Crippen molar-refractivity contribution >= 4 is 45.9 Å². The Labute approximate surface area is 171 Å². The Morgan fingerprint density at radius 2 is 2.14 bits per heavy atom. The van der Waals surface area contributed by atoms with Crippen molar-refractivity contribution in [3.63, 3.8) is 0 Å². The molecule has 1 amide bonds. The van der Waals surface area contributed by atoms with Crippen LogP contribution in [-0.4, -0.2) is 28.3 Å². The molecule has 0 aliphatic rings. The van der Waals surface area contributed by atoms with Gasteiger partial charge in [0.25, 0.3) is 5.56 Å². The van der Waals surface area contributed by atoms with E-state index in [2.05, 4.69) is 16.9 Å². The summed E-state index contributed by atoms with van der Waals surface area (Å²) in [7, 11) is 1.54. The summed E-state index contributed by atoms with van der Waals surface area (Å²) in [6, 6.07) is 12.1. The molecule has 1 heterocycles. The minimum atomic E-state index is -0.236. The van der Waals surface area contributed by atoms with E-state index in [1.54, 1.807) is 36.4 Å². The van der Waals surface area contributed by atoms with Crippen LogP contribution in [0.5, 0.6) is 5.75 Å². The van der Waals surface area contributed by atoms with Crippen molar-refractivity contribution < 1.29 is 9.53 Å². The first-order valence-electron chi connectivity index (χ1n) is 8.40. The maximum atomic E-state index is 12.8. The van der Waals surface area contributed by atoms with Gasteiger partial charge in [0.1, 0.15) is 5.75 Å². The Morgan fingerprint density at radius 3 is 2.89 bits per heavy atom. The highest BCUT2D eigenvalue weighted by Gasteiger charge is 2.14. The minimum absolute atomic E-state index is 0.0771.